The van der Waals surface area contributed by atoms with E-state index in [4.69, 9.17) is 10.5 Å². The van der Waals surface area contributed by atoms with Gasteiger partial charge in [-0.3, -0.25) is 4.79 Å². The summed E-state index contributed by atoms with van der Waals surface area (Å²) < 4.78 is 5.19. The van der Waals surface area contributed by atoms with Crippen molar-refractivity contribution in [3.8, 4) is 5.75 Å². The predicted octanol–water partition coefficient (Wildman–Crippen LogP) is 1.04. The fourth-order valence-corrected chi connectivity index (χ4v) is 1.76. The van der Waals surface area contributed by atoms with Gasteiger partial charge >= 0.3 is 0 Å². The Bertz CT molecular complexity index is 560. The number of H-pyrrole nitrogens is 1. The van der Waals surface area contributed by atoms with Gasteiger partial charge in [-0.15, -0.1) is 0 Å². The molecule has 2 rings (SSSR count). The first-order valence-electron chi connectivity index (χ1n) is 5.15. The molecule has 0 aliphatic carbocycles. The molecule has 0 saturated carbocycles. The lowest BCUT2D eigenvalue weighted by Gasteiger charge is -2.06. The minimum absolute atomic E-state index is 0.0950. The lowest BCUT2D eigenvalue weighted by atomic mass is 10.1. The third-order valence-corrected chi connectivity index (χ3v) is 2.55. The monoisotopic (exact) mass is 218 g/mol. The third-order valence-electron chi connectivity index (χ3n) is 2.55. The number of aromatic amines is 1. The van der Waals surface area contributed by atoms with Crippen LogP contribution in [-0.4, -0.2) is 18.6 Å². The summed E-state index contributed by atoms with van der Waals surface area (Å²) in [7, 11) is 1.58. The largest absolute Gasteiger partial charge is 0.495 e. The van der Waals surface area contributed by atoms with Crippen LogP contribution < -0.4 is 16.0 Å². The van der Waals surface area contributed by atoms with Gasteiger partial charge in [-0.25, -0.2) is 0 Å². The Morgan fingerprint density at radius 3 is 2.94 bits per heavy atom. The highest BCUT2D eigenvalue weighted by Gasteiger charge is 2.05. The number of aromatic nitrogens is 1. The fraction of sp³-hybridized carbons (Fsp3) is 0.250. The van der Waals surface area contributed by atoms with Gasteiger partial charge in [0.1, 0.15) is 5.75 Å². The Balaban J connectivity index is 2.68. The average molecular weight is 218 g/mol. The van der Waals surface area contributed by atoms with Crippen molar-refractivity contribution < 1.29 is 4.74 Å². The number of pyridine rings is 1. The van der Waals surface area contributed by atoms with Gasteiger partial charge in [0.25, 0.3) is 5.56 Å². The first-order valence-corrected chi connectivity index (χ1v) is 5.15. The van der Waals surface area contributed by atoms with Crippen molar-refractivity contribution in [2.45, 2.75) is 6.42 Å². The minimum atomic E-state index is -0.0950. The molecular weight excluding hydrogens is 204 g/mol. The number of hydrogen-bond acceptors (Lipinski definition) is 3. The molecule has 1 heterocycles. The molecule has 0 atom stereocenters. The normalized spacial score (nSPS) is 10.6. The third kappa shape index (κ3) is 1.79. The number of ether oxygens (including phenoxy) is 1. The highest BCUT2D eigenvalue weighted by atomic mass is 16.5. The Labute approximate surface area is 93.0 Å². The summed E-state index contributed by atoms with van der Waals surface area (Å²) in [5, 5.41) is 0.961. The number of nitrogens with two attached hydrogens (primary N) is 1. The Morgan fingerprint density at radius 1 is 1.44 bits per heavy atom. The molecule has 4 heteroatoms. The smallest absolute Gasteiger partial charge is 0.251 e. The van der Waals surface area contributed by atoms with Gasteiger partial charge in [0, 0.05) is 10.9 Å². The van der Waals surface area contributed by atoms with Crippen LogP contribution in [-0.2, 0) is 6.42 Å². The highest BCUT2D eigenvalue weighted by Crippen LogP contribution is 2.22. The van der Waals surface area contributed by atoms with Crippen LogP contribution in [0.5, 0.6) is 5.75 Å². The topological polar surface area (TPSA) is 68.1 Å². The molecule has 3 N–H and O–H groups in total. The fourth-order valence-electron chi connectivity index (χ4n) is 1.76. The molecule has 0 aliphatic heterocycles. The van der Waals surface area contributed by atoms with Crippen molar-refractivity contribution in [2.75, 3.05) is 13.7 Å². The average Bonchev–Trinajstić information content (AvgIpc) is 2.30. The quantitative estimate of drug-likeness (QED) is 0.808. The Kier molecular flexibility index (Phi) is 2.92. The molecule has 2 aromatic rings. The van der Waals surface area contributed by atoms with E-state index in [0.29, 0.717) is 24.3 Å². The van der Waals surface area contributed by atoms with Gasteiger partial charge in [-0.1, -0.05) is 12.1 Å². The van der Waals surface area contributed by atoms with Gasteiger partial charge < -0.3 is 15.5 Å². The second kappa shape index (κ2) is 4.37. The number of rotatable bonds is 3. The first kappa shape index (κ1) is 10.7. The van der Waals surface area contributed by atoms with Gasteiger partial charge in [0.15, 0.2) is 0 Å². The number of nitrogens with one attached hydrogen (secondary N) is 1. The van der Waals surface area contributed by atoms with Crippen LogP contribution >= 0.6 is 0 Å². The van der Waals surface area contributed by atoms with Crippen LogP contribution in [0.4, 0.5) is 0 Å². The number of fused-ring (bicyclic) bond motifs is 1. The summed E-state index contributed by atoms with van der Waals surface area (Å²) in [6.45, 7) is 0.471. The molecule has 0 unspecified atom stereocenters. The molecule has 0 spiro atoms. The zero-order chi connectivity index (χ0) is 11.5. The predicted molar refractivity (Wildman–Crippen MR) is 63.9 cm³/mol. The molecule has 1 aromatic heterocycles. The minimum Gasteiger partial charge on any atom is -0.495 e. The van der Waals surface area contributed by atoms with E-state index in [-0.39, 0.29) is 5.56 Å². The lowest BCUT2D eigenvalue weighted by Crippen LogP contribution is -2.16. The van der Waals surface area contributed by atoms with Gasteiger partial charge in [-0.2, -0.15) is 0 Å². The van der Waals surface area contributed by atoms with E-state index in [1.165, 1.54) is 0 Å². The molecule has 0 aliphatic rings. The molecule has 1 aromatic carbocycles. The van der Waals surface area contributed by atoms with Crippen molar-refractivity contribution in [3.05, 3.63) is 40.2 Å². The maximum absolute atomic E-state index is 11.7. The number of hydrogen-bond donors (Lipinski definition) is 2. The maximum atomic E-state index is 11.7. The van der Waals surface area contributed by atoms with E-state index in [1.807, 2.05) is 24.3 Å². The van der Waals surface area contributed by atoms with E-state index >= 15 is 0 Å². The number of benzene rings is 1. The number of methoxy groups -OCH3 is 1. The van der Waals surface area contributed by atoms with Gasteiger partial charge in [-0.05, 0) is 25.1 Å². The van der Waals surface area contributed by atoms with Gasteiger partial charge in [0.05, 0.1) is 12.6 Å². The van der Waals surface area contributed by atoms with Crippen LogP contribution in [0.2, 0.25) is 0 Å². The van der Waals surface area contributed by atoms with Gasteiger partial charge in [0.2, 0.25) is 0 Å². The lowest BCUT2D eigenvalue weighted by molar-refractivity contribution is 0.419. The summed E-state index contributed by atoms with van der Waals surface area (Å²) in [6.07, 6.45) is 0.586. The molecule has 4 nitrogen and oxygen atoms in total. The molecule has 0 fully saturated rings. The van der Waals surface area contributed by atoms with Crippen molar-refractivity contribution in [2.24, 2.45) is 5.73 Å². The van der Waals surface area contributed by atoms with Crippen LogP contribution in [0.25, 0.3) is 10.9 Å². The second-order valence-corrected chi connectivity index (χ2v) is 3.59. The molecule has 84 valence electrons. The Hall–Kier alpha value is -1.81. The van der Waals surface area contributed by atoms with Crippen LogP contribution in [0, 0.1) is 0 Å². The molecule has 0 radical (unpaired) electrons. The summed E-state index contributed by atoms with van der Waals surface area (Å²) in [5.74, 6) is 0.675. The van der Waals surface area contributed by atoms with E-state index in [1.54, 1.807) is 7.11 Å². The molecule has 0 bridgehead atoms. The van der Waals surface area contributed by atoms with Crippen molar-refractivity contribution >= 4 is 10.9 Å². The molecule has 0 amide bonds. The van der Waals surface area contributed by atoms with Crippen molar-refractivity contribution in [3.63, 3.8) is 0 Å². The maximum Gasteiger partial charge on any atom is 0.251 e. The SMILES string of the molecule is COc1cccc2cc(CCN)c(=O)[nH]c12. The zero-order valence-electron chi connectivity index (χ0n) is 9.12. The summed E-state index contributed by atoms with van der Waals surface area (Å²) in [6, 6.07) is 7.52. The van der Waals surface area contributed by atoms with Crippen LogP contribution in [0.3, 0.4) is 0 Å². The standard InChI is InChI=1S/C12H14N2O2/c1-16-10-4-2-3-8-7-9(5-6-13)12(15)14-11(8)10/h2-4,7H,5-6,13H2,1H3,(H,14,15). The number of para-hydroxylation sites is 1. The summed E-state index contributed by atoms with van der Waals surface area (Å²) >= 11 is 0. The molecular formula is C12H14N2O2. The van der Waals surface area contributed by atoms with Crippen molar-refractivity contribution in [1.29, 1.82) is 0 Å². The van der Waals surface area contributed by atoms with Crippen molar-refractivity contribution in [1.82, 2.24) is 4.98 Å². The van der Waals surface area contributed by atoms with Crippen LogP contribution in [0.1, 0.15) is 5.56 Å². The second-order valence-electron chi connectivity index (χ2n) is 3.59. The molecule has 16 heavy (non-hydrogen) atoms. The van der Waals surface area contributed by atoms with Crippen LogP contribution in [0.15, 0.2) is 29.1 Å². The summed E-state index contributed by atoms with van der Waals surface area (Å²) in [4.78, 5) is 14.6. The zero-order valence-corrected chi connectivity index (χ0v) is 9.12. The molecule has 0 saturated heterocycles. The highest BCUT2D eigenvalue weighted by molar-refractivity contribution is 5.84. The first-order chi connectivity index (χ1) is 7.76. The van der Waals surface area contributed by atoms with E-state index in [0.717, 1.165) is 10.9 Å². The Morgan fingerprint density at radius 2 is 2.25 bits per heavy atom. The summed E-state index contributed by atoms with van der Waals surface area (Å²) in [5.41, 5.74) is 6.80. The van der Waals surface area contributed by atoms with E-state index < -0.39 is 0 Å². The van der Waals surface area contributed by atoms with E-state index in [2.05, 4.69) is 4.98 Å². The van der Waals surface area contributed by atoms with E-state index in [9.17, 15) is 4.79 Å².